The first kappa shape index (κ1) is 35.6. The number of amides is 2. The van der Waals surface area contributed by atoms with E-state index in [4.69, 9.17) is 42.3 Å². The Hall–Kier alpha value is -4.82. The van der Waals surface area contributed by atoms with Gasteiger partial charge in [-0.2, -0.15) is 0 Å². The predicted molar refractivity (Wildman–Crippen MR) is 197 cm³/mol. The number of ether oxygens (including phenoxy) is 1. The van der Waals surface area contributed by atoms with Gasteiger partial charge in [-0.3, -0.25) is 19.5 Å². The van der Waals surface area contributed by atoms with Gasteiger partial charge in [0, 0.05) is 87.6 Å². The third-order valence-electron chi connectivity index (χ3n) is 9.50. The van der Waals surface area contributed by atoms with Crippen LogP contribution in [0.15, 0.2) is 47.0 Å². The lowest BCUT2D eigenvalue weighted by atomic mass is 10.1. The number of methoxy groups -OCH3 is 1. The topological polar surface area (TPSA) is 152 Å². The van der Waals surface area contributed by atoms with E-state index in [1.54, 1.807) is 37.6 Å². The molecular weight excluding hydrogens is 705 g/mol. The third kappa shape index (κ3) is 7.26. The van der Waals surface area contributed by atoms with Gasteiger partial charge in [0.1, 0.15) is 5.76 Å². The molecule has 4 aromatic heterocycles. The van der Waals surface area contributed by atoms with E-state index in [0.29, 0.717) is 83.4 Å². The maximum absolute atomic E-state index is 13.6. The number of hydrogen-bond acceptors (Lipinski definition) is 10. The van der Waals surface area contributed by atoms with Gasteiger partial charge in [-0.1, -0.05) is 41.4 Å². The van der Waals surface area contributed by atoms with E-state index in [2.05, 4.69) is 30.8 Å². The van der Waals surface area contributed by atoms with E-state index in [1.165, 1.54) is 0 Å². The molecule has 0 aliphatic carbocycles. The maximum atomic E-state index is 13.6. The van der Waals surface area contributed by atoms with Gasteiger partial charge in [-0.25, -0.2) is 15.0 Å². The summed E-state index contributed by atoms with van der Waals surface area (Å²) >= 11 is 13.9. The molecule has 2 amide bonds. The van der Waals surface area contributed by atoms with Gasteiger partial charge in [-0.15, -0.1) is 0 Å². The molecule has 0 spiro atoms. The number of oxazole rings is 1. The molecule has 1 fully saturated rings. The van der Waals surface area contributed by atoms with Crippen LogP contribution in [-0.2, 0) is 37.9 Å². The summed E-state index contributed by atoms with van der Waals surface area (Å²) in [5.74, 6) is 1.95. The summed E-state index contributed by atoms with van der Waals surface area (Å²) in [6.07, 6.45) is 3.77. The van der Waals surface area contributed by atoms with Crippen molar-refractivity contribution in [1.82, 2.24) is 40.0 Å². The highest BCUT2D eigenvalue weighted by atomic mass is 35.5. The number of nitrogens with zero attached hydrogens (tertiary/aromatic N) is 6. The number of halogens is 2. The molecule has 3 N–H and O–H groups in total. The second kappa shape index (κ2) is 15.0. The molecule has 0 bridgehead atoms. The monoisotopic (exact) mass is 743 g/mol. The van der Waals surface area contributed by atoms with Crippen LogP contribution >= 0.6 is 23.2 Å². The molecule has 270 valence electrons. The van der Waals surface area contributed by atoms with Gasteiger partial charge in [-0.05, 0) is 31.5 Å². The summed E-state index contributed by atoms with van der Waals surface area (Å²) < 4.78 is 13.3. The highest BCUT2D eigenvalue weighted by Crippen LogP contribution is 2.40. The van der Waals surface area contributed by atoms with E-state index < -0.39 is 0 Å². The molecule has 0 unspecified atom stereocenters. The molecule has 1 saturated heterocycles. The van der Waals surface area contributed by atoms with Gasteiger partial charge >= 0.3 is 0 Å². The molecule has 13 nitrogen and oxygen atoms in total. The van der Waals surface area contributed by atoms with Crippen molar-refractivity contribution in [3.05, 3.63) is 92.8 Å². The predicted octanol–water partition coefficient (Wildman–Crippen LogP) is 5.64. The number of carbonyl (C=O) groups excluding carboxylic acids is 2. The Bertz CT molecular complexity index is 2160. The average Bonchev–Trinajstić information content (AvgIpc) is 3.80. The summed E-state index contributed by atoms with van der Waals surface area (Å²) in [6.45, 7) is 6.99. The molecule has 2 aliphatic rings. The second-order valence-corrected chi connectivity index (χ2v) is 13.8. The number of pyridine rings is 2. The molecule has 15 heteroatoms. The SMILES string of the molecule is COc1nc(-c2ccnc(-c3cccc(NC(=O)c4nc5c(n4C)CCN(Cc4oc(C)nc4C)C5)c3Cl)c2Cl)ccc1CNC[C@@H]1CCC(=O)N1. The van der Waals surface area contributed by atoms with Crippen LogP contribution in [0.3, 0.4) is 0 Å². The second-order valence-electron chi connectivity index (χ2n) is 13.0. The van der Waals surface area contributed by atoms with Crippen LogP contribution in [0.2, 0.25) is 10.0 Å². The Labute approximate surface area is 311 Å². The summed E-state index contributed by atoms with van der Waals surface area (Å²) in [5, 5.41) is 9.93. The lowest BCUT2D eigenvalue weighted by Crippen LogP contribution is -2.35. The lowest BCUT2D eigenvalue weighted by molar-refractivity contribution is -0.119. The van der Waals surface area contributed by atoms with E-state index in [1.807, 2.05) is 37.6 Å². The first-order chi connectivity index (χ1) is 25.1. The van der Waals surface area contributed by atoms with Crippen molar-refractivity contribution in [3.8, 4) is 28.4 Å². The normalized spacial score (nSPS) is 15.8. The first-order valence-electron chi connectivity index (χ1n) is 17.1. The number of nitrogens with one attached hydrogen (secondary N) is 3. The van der Waals surface area contributed by atoms with Crippen molar-refractivity contribution >= 4 is 40.7 Å². The molecule has 2 aliphatic heterocycles. The molecule has 0 saturated carbocycles. The lowest BCUT2D eigenvalue weighted by Gasteiger charge is -2.25. The van der Waals surface area contributed by atoms with Gasteiger partial charge in [0.05, 0.1) is 52.2 Å². The van der Waals surface area contributed by atoms with Crippen molar-refractivity contribution < 1.29 is 18.7 Å². The van der Waals surface area contributed by atoms with Crippen LogP contribution < -0.4 is 20.7 Å². The Morgan fingerprint density at radius 1 is 1.08 bits per heavy atom. The summed E-state index contributed by atoms with van der Waals surface area (Å²) in [5.41, 5.74) is 6.26. The molecule has 1 aromatic carbocycles. The number of imidazole rings is 1. The fraction of sp³-hybridized carbons (Fsp3) is 0.351. The van der Waals surface area contributed by atoms with Crippen molar-refractivity contribution in [2.75, 3.05) is 25.5 Å². The molecule has 52 heavy (non-hydrogen) atoms. The summed E-state index contributed by atoms with van der Waals surface area (Å²) in [4.78, 5) is 45.8. The number of fused-ring (bicyclic) bond motifs is 1. The largest absolute Gasteiger partial charge is 0.481 e. The van der Waals surface area contributed by atoms with Crippen LogP contribution in [-0.4, -0.2) is 67.5 Å². The Morgan fingerprint density at radius 3 is 2.67 bits per heavy atom. The molecule has 6 heterocycles. The number of benzene rings is 1. The Morgan fingerprint density at radius 2 is 1.92 bits per heavy atom. The van der Waals surface area contributed by atoms with Gasteiger partial charge < -0.3 is 29.7 Å². The van der Waals surface area contributed by atoms with Crippen LogP contribution in [0.25, 0.3) is 22.5 Å². The summed E-state index contributed by atoms with van der Waals surface area (Å²) in [7, 11) is 3.43. The van der Waals surface area contributed by atoms with Crippen LogP contribution in [0.5, 0.6) is 5.88 Å². The van der Waals surface area contributed by atoms with Crippen molar-refractivity contribution in [2.45, 2.75) is 58.8 Å². The molecular formula is C37H39Cl2N9O4. The van der Waals surface area contributed by atoms with Crippen LogP contribution in [0.1, 0.15) is 57.8 Å². The zero-order valence-corrected chi connectivity index (χ0v) is 30.9. The van der Waals surface area contributed by atoms with Crippen molar-refractivity contribution in [2.24, 2.45) is 7.05 Å². The number of aryl methyl sites for hydroxylation is 2. The fourth-order valence-corrected chi connectivity index (χ4v) is 7.38. The van der Waals surface area contributed by atoms with Crippen molar-refractivity contribution in [1.29, 1.82) is 0 Å². The van der Waals surface area contributed by atoms with E-state index >= 15 is 0 Å². The molecule has 1 atom stereocenters. The molecule has 5 aromatic rings. The minimum atomic E-state index is -0.379. The summed E-state index contributed by atoms with van der Waals surface area (Å²) in [6, 6.07) is 11.0. The number of hydrogen-bond donors (Lipinski definition) is 3. The molecule has 0 radical (unpaired) electrons. The standard InChI is InChI=1S/C37H39Cl2N9O4/c1-20-30(52-21(2)42-20)19-48-15-13-29-28(18-48)44-35(47(29)3)36(50)45-27-7-5-6-25(32(27)38)34-33(39)24(12-14-41-34)26-10-8-22(37(46-26)51-4)16-40-17-23-9-11-31(49)43-23/h5-8,10,12,14,23,40H,9,11,13,15-19H2,1-4H3,(H,43,49)(H,45,50)/t23-/m0/s1. The van der Waals surface area contributed by atoms with Gasteiger partial charge in [0.2, 0.25) is 11.8 Å². The van der Waals surface area contributed by atoms with Crippen LogP contribution in [0, 0.1) is 13.8 Å². The zero-order valence-electron chi connectivity index (χ0n) is 29.3. The minimum absolute atomic E-state index is 0.0858. The Balaban J connectivity index is 1.07. The number of rotatable bonds is 11. The first-order valence-corrected chi connectivity index (χ1v) is 17.8. The Kier molecular flexibility index (Phi) is 10.3. The maximum Gasteiger partial charge on any atom is 0.291 e. The van der Waals surface area contributed by atoms with E-state index in [0.717, 1.165) is 47.8 Å². The highest BCUT2D eigenvalue weighted by Gasteiger charge is 2.27. The van der Waals surface area contributed by atoms with E-state index in [9.17, 15) is 9.59 Å². The minimum Gasteiger partial charge on any atom is -0.481 e. The molecule has 7 rings (SSSR count). The number of anilines is 1. The van der Waals surface area contributed by atoms with Gasteiger partial charge in [0.25, 0.3) is 5.91 Å². The fourth-order valence-electron chi connectivity index (χ4n) is 6.80. The zero-order chi connectivity index (χ0) is 36.5. The van der Waals surface area contributed by atoms with Crippen LogP contribution in [0.4, 0.5) is 5.69 Å². The third-order valence-corrected chi connectivity index (χ3v) is 10.3. The smallest absolute Gasteiger partial charge is 0.291 e. The average molecular weight is 745 g/mol. The van der Waals surface area contributed by atoms with E-state index in [-0.39, 0.29) is 22.9 Å². The van der Waals surface area contributed by atoms with Crippen molar-refractivity contribution in [3.63, 3.8) is 0 Å². The number of aromatic nitrogens is 5. The highest BCUT2D eigenvalue weighted by molar-refractivity contribution is 6.39. The quantitative estimate of drug-likeness (QED) is 0.155. The van der Waals surface area contributed by atoms with Gasteiger partial charge in [0.15, 0.2) is 11.7 Å². The number of carbonyl (C=O) groups is 2.